The van der Waals surface area contributed by atoms with Crippen LogP contribution in [-0.2, 0) is 10.0 Å². The first-order valence-corrected chi connectivity index (χ1v) is 8.59. The van der Waals surface area contributed by atoms with Crippen molar-refractivity contribution in [1.82, 2.24) is 4.72 Å². The highest BCUT2D eigenvalue weighted by Gasteiger charge is 2.21. The van der Waals surface area contributed by atoms with Gasteiger partial charge in [0, 0.05) is 6.54 Å². The summed E-state index contributed by atoms with van der Waals surface area (Å²) in [6.45, 7) is 5.26. The zero-order valence-electron chi connectivity index (χ0n) is 12.0. The third-order valence-corrected chi connectivity index (χ3v) is 4.81. The molecular formula is C14H22N2O3S. The summed E-state index contributed by atoms with van der Waals surface area (Å²) in [7, 11) is -3.43. The molecule has 1 unspecified atom stereocenters. The third kappa shape index (κ3) is 3.43. The number of ether oxygens (including phenoxy) is 1. The molecule has 0 saturated carbocycles. The molecule has 1 aromatic carbocycles. The summed E-state index contributed by atoms with van der Waals surface area (Å²) in [6, 6.07) is 4.95. The number of hydrogen-bond acceptors (Lipinski definition) is 4. The summed E-state index contributed by atoms with van der Waals surface area (Å²) < 4.78 is 32.6. The number of nitrogens with one attached hydrogen (secondary N) is 2. The van der Waals surface area contributed by atoms with Crippen LogP contribution >= 0.6 is 0 Å². The fourth-order valence-electron chi connectivity index (χ4n) is 2.06. The van der Waals surface area contributed by atoms with Crippen LogP contribution < -0.4 is 14.8 Å². The Morgan fingerprint density at radius 3 is 2.90 bits per heavy atom. The zero-order valence-corrected chi connectivity index (χ0v) is 12.8. The predicted molar refractivity (Wildman–Crippen MR) is 79.7 cm³/mol. The molecule has 0 spiro atoms. The molecule has 112 valence electrons. The first-order valence-electron chi connectivity index (χ1n) is 7.11. The monoisotopic (exact) mass is 298 g/mol. The Bertz CT molecular complexity index is 558. The number of rotatable bonds is 6. The SMILES string of the molecule is CCCCNS(=O)(=O)c1ccc2c(c1)NCC(CC)O2. The van der Waals surface area contributed by atoms with E-state index < -0.39 is 10.0 Å². The minimum atomic E-state index is -3.43. The van der Waals surface area contributed by atoms with Gasteiger partial charge in [-0.3, -0.25) is 0 Å². The molecule has 2 N–H and O–H groups in total. The van der Waals surface area contributed by atoms with Crippen LogP contribution in [0.4, 0.5) is 5.69 Å². The molecule has 1 aliphatic heterocycles. The lowest BCUT2D eigenvalue weighted by atomic mass is 10.2. The maximum absolute atomic E-state index is 12.1. The molecule has 6 heteroatoms. The van der Waals surface area contributed by atoms with Gasteiger partial charge in [0.15, 0.2) is 0 Å². The molecule has 0 aliphatic carbocycles. The topological polar surface area (TPSA) is 67.4 Å². The van der Waals surface area contributed by atoms with Crippen LogP contribution in [0.15, 0.2) is 23.1 Å². The van der Waals surface area contributed by atoms with Crippen molar-refractivity contribution in [3.05, 3.63) is 18.2 Å². The maximum atomic E-state index is 12.1. The summed E-state index contributed by atoms with van der Waals surface area (Å²) in [5.74, 6) is 0.718. The van der Waals surface area contributed by atoms with Gasteiger partial charge in [0.25, 0.3) is 0 Å². The van der Waals surface area contributed by atoms with Gasteiger partial charge in [0.2, 0.25) is 10.0 Å². The molecular weight excluding hydrogens is 276 g/mol. The molecule has 2 rings (SSSR count). The number of sulfonamides is 1. The average molecular weight is 298 g/mol. The largest absolute Gasteiger partial charge is 0.486 e. The van der Waals surface area contributed by atoms with Gasteiger partial charge in [-0.05, 0) is 31.0 Å². The fourth-order valence-corrected chi connectivity index (χ4v) is 3.16. The molecule has 20 heavy (non-hydrogen) atoms. The maximum Gasteiger partial charge on any atom is 0.240 e. The van der Waals surface area contributed by atoms with Crippen molar-refractivity contribution in [2.24, 2.45) is 0 Å². The molecule has 5 nitrogen and oxygen atoms in total. The van der Waals surface area contributed by atoms with Crippen LogP contribution in [0.25, 0.3) is 0 Å². The second-order valence-electron chi connectivity index (χ2n) is 4.94. The van der Waals surface area contributed by atoms with E-state index in [2.05, 4.69) is 17.0 Å². The van der Waals surface area contributed by atoms with Crippen molar-refractivity contribution in [1.29, 1.82) is 0 Å². The van der Waals surface area contributed by atoms with Gasteiger partial charge < -0.3 is 10.1 Å². The lowest BCUT2D eigenvalue weighted by Crippen LogP contribution is -2.30. The lowest BCUT2D eigenvalue weighted by molar-refractivity contribution is 0.201. The van der Waals surface area contributed by atoms with Gasteiger partial charge in [0.05, 0.1) is 17.1 Å². The minimum Gasteiger partial charge on any atom is -0.486 e. The lowest BCUT2D eigenvalue weighted by Gasteiger charge is -2.26. The molecule has 0 radical (unpaired) electrons. The van der Waals surface area contributed by atoms with Gasteiger partial charge in [-0.15, -0.1) is 0 Å². The van der Waals surface area contributed by atoms with Crippen molar-refractivity contribution in [2.75, 3.05) is 18.4 Å². The van der Waals surface area contributed by atoms with Crippen molar-refractivity contribution in [2.45, 2.75) is 44.1 Å². The van der Waals surface area contributed by atoms with E-state index in [0.29, 0.717) is 13.1 Å². The van der Waals surface area contributed by atoms with E-state index in [-0.39, 0.29) is 11.0 Å². The minimum absolute atomic E-state index is 0.146. The van der Waals surface area contributed by atoms with E-state index in [1.165, 1.54) is 0 Å². The van der Waals surface area contributed by atoms with Gasteiger partial charge in [-0.2, -0.15) is 0 Å². The van der Waals surface area contributed by atoms with E-state index in [1.54, 1.807) is 18.2 Å². The number of fused-ring (bicyclic) bond motifs is 1. The Morgan fingerprint density at radius 2 is 2.20 bits per heavy atom. The zero-order chi connectivity index (χ0) is 14.6. The molecule has 1 heterocycles. The van der Waals surface area contributed by atoms with E-state index >= 15 is 0 Å². The van der Waals surface area contributed by atoms with Crippen molar-refractivity contribution in [3.8, 4) is 5.75 Å². The molecule has 1 aliphatic rings. The van der Waals surface area contributed by atoms with Crippen molar-refractivity contribution in [3.63, 3.8) is 0 Å². The molecule has 1 aromatic rings. The summed E-state index contributed by atoms with van der Waals surface area (Å²) in [5, 5.41) is 3.23. The molecule has 0 bridgehead atoms. The molecule has 1 atom stereocenters. The number of unbranched alkanes of at least 4 members (excludes halogenated alkanes) is 1. The van der Waals surface area contributed by atoms with E-state index in [1.807, 2.05) is 6.92 Å². The van der Waals surface area contributed by atoms with Crippen molar-refractivity contribution >= 4 is 15.7 Å². The second-order valence-corrected chi connectivity index (χ2v) is 6.71. The first kappa shape index (κ1) is 15.1. The van der Waals surface area contributed by atoms with E-state index in [0.717, 1.165) is 30.7 Å². The van der Waals surface area contributed by atoms with E-state index in [9.17, 15) is 8.42 Å². The summed E-state index contributed by atoms with van der Waals surface area (Å²) >= 11 is 0. The second kappa shape index (κ2) is 6.45. The van der Waals surface area contributed by atoms with Crippen LogP contribution in [0.1, 0.15) is 33.1 Å². The van der Waals surface area contributed by atoms with Crippen LogP contribution in [0, 0.1) is 0 Å². The molecule has 0 aromatic heterocycles. The quantitative estimate of drug-likeness (QED) is 0.791. The third-order valence-electron chi connectivity index (χ3n) is 3.35. The van der Waals surface area contributed by atoms with Gasteiger partial charge >= 0.3 is 0 Å². The molecule has 0 amide bonds. The Labute approximate surface area is 120 Å². The Hall–Kier alpha value is -1.27. The Kier molecular flexibility index (Phi) is 4.88. The van der Waals surface area contributed by atoms with Crippen molar-refractivity contribution < 1.29 is 13.2 Å². The molecule has 0 saturated heterocycles. The van der Waals surface area contributed by atoms with E-state index in [4.69, 9.17) is 4.74 Å². The van der Waals surface area contributed by atoms with Crippen LogP contribution in [0.5, 0.6) is 5.75 Å². The van der Waals surface area contributed by atoms with Gasteiger partial charge in [0.1, 0.15) is 11.9 Å². The highest BCUT2D eigenvalue weighted by Crippen LogP contribution is 2.31. The number of hydrogen-bond donors (Lipinski definition) is 2. The number of benzene rings is 1. The normalized spacial score (nSPS) is 18.0. The highest BCUT2D eigenvalue weighted by atomic mass is 32.2. The number of anilines is 1. The summed E-state index contributed by atoms with van der Waals surface area (Å²) in [6.07, 6.45) is 2.86. The van der Waals surface area contributed by atoms with Crippen LogP contribution in [-0.4, -0.2) is 27.6 Å². The Balaban J connectivity index is 2.15. The first-order chi connectivity index (χ1) is 9.56. The summed E-state index contributed by atoms with van der Waals surface area (Å²) in [4.78, 5) is 0.276. The van der Waals surface area contributed by atoms with Gasteiger partial charge in [-0.25, -0.2) is 13.1 Å². The van der Waals surface area contributed by atoms with Crippen LogP contribution in [0.3, 0.4) is 0 Å². The standard InChI is InChI=1S/C14H22N2O3S/c1-3-5-8-16-20(17,18)12-6-7-14-13(9-12)15-10-11(4-2)19-14/h6-7,9,11,15-16H,3-5,8,10H2,1-2H3. The predicted octanol–water partition coefficient (Wildman–Crippen LogP) is 2.35. The molecule has 0 fully saturated rings. The van der Waals surface area contributed by atoms with Gasteiger partial charge in [-0.1, -0.05) is 20.3 Å². The van der Waals surface area contributed by atoms with Crippen LogP contribution in [0.2, 0.25) is 0 Å². The highest BCUT2D eigenvalue weighted by molar-refractivity contribution is 7.89. The average Bonchev–Trinajstić information content (AvgIpc) is 2.46. The fraction of sp³-hybridized carbons (Fsp3) is 0.571. The Morgan fingerprint density at radius 1 is 1.40 bits per heavy atom. The summed E-state index contributed by atoms with van der Waals surface area (Å²) in [5.41, 5.74) is 0.744. The smallest absolute Gasteiger partial charge is 0.240 e.